The summed E-state index contributed by atoms with van der Waals surface area (Å²) < 4.78 is 39.9. The standard InChI is InChI=1S/C16H13Cl3F2N2O5/c1-6(14(24)26-3)27-15(25)8-4-7(9(17)5-10(8)18)12-11(19)13(23(2)22-12)28-16(20)21/h4-6,16H,1-3H3. The summed E-state index contributed by atoms with van der Waals surface area (Å²) in [5.74, 6) is -2.08. The van der Waals surface area contributed by atoms with Crippen LogP contribution >= 0.6 is 34.8 Å². The van der Waals surface area contributed by atoms with E-state index in [0.717, 1.165) is 11.8 Å². The predicted molar refractivity (Wildman–Crippen MR) is 97.2 cm³/mol. The lowest BCUT2D eigenvalue weighted by atomic mass is 10.1. The first-order valence-corrected chi connectivity index (χ1v) is 8.65. The molecule has 0 N–H and O–H groups in total. The summed E-state index contributed by atoms with van der Waals surface area (Å²) in [5, 5.41) is 3.74. The van der Waals surface area contributed by atoms with Gasteiger partial charge in [0.05, 0.1) is 22.7 Å². The number of rotatable bonds is 6. The molecule has 0 aliphatic carbocycles. The molecular formula is C16H13Cl3F2N2O5. The molecule has 0 radical (unpaired) electrons. The van der Waals surface area contributed by atoms with E-state index in [0.29, 0.717) is 0 Å². The first-order chi connectivity index (χ1) is 13.1. The van der Waals surface area contributed by atoms with Crippen LogP contribution in [-0.4, -0.2) is 41.5 Å². The van der Waals surface area contributed by atoms with E-state index in [1.807, 2.05) is 0 Å². The number of nitrogens with zero attached hydrogens (tertiary/aromatic N) is 2. The van der Waals surface area contributed by atoms with Crippen LogP contribution in [0.4, 0.5) is 8.78 Å². The van der Waals surface area contributed by atoms with Gasteiger partial charge in [0.25, 0.3) is 0 Å². The van der Waals surface area contributed by atoms with Gasteiger partial charge < -0.3 is 14.2 Å². The summed E-state index contributed by atoms with van der Waals surface area (Å²) >= 11 is 18.3. The Morgan fingerprint density at radius 2 is 1.82 bits per heavy atom. The van der Waals surface area contributed by atoms with Crippen LogP contribution in [0, 0.1) is 0 Å². The van der Waals surface area contributed by atoms with Gasteiger partial charge in [-0.15, -0.1) is 0 Å². The molecule has 1 unspecified atom stereocenters. The molecule has 28 heavy (non-hydrogen) atoms. The largest absolute Gasteiger partial charge is 0.466 e. The Bertz CT molecular complexity index is 920. The van der Waals surface area contributed by atoms with Crippen LogP contribution in [0.3, 0.4) is 0 Å². The van der Waals surface area contributed by atoms with E-state index >= 15 is 0 Å². The van der Waals surface area contributed by atoms with Gasteiger partial charge in [-0.2, -0.15) is 13.9 Å². The van der Waals surface area contributed by atoms with Crippen LogP contribution in [-0.2, 0) is 21.3 Å². The van der Waals surface area contributed by atoms with E-state index in [9.17, 15) is 18.4 Å². The van der Waals surface area contributed by atoms with E-state index in [-0.39, 0.29) is 37.8 Å². The van der Waals surface area contributed by atoms with E-state index in [2.05, 4.69) is 14.6 Å². The van der Waals surface area contributed by atoms with Gasteiger partial charge >= 0.3 is 18.6 Å². The first-order valence-electron chi connectivity index (χ1n) is 7.52. The summed E-state index contributed by atoms with van der Waals surface area (Å²) in [6.45, 7) is -1.80. The van der Waals surface area contributed by atoms with Crippen LogP contribution in [0.2, 0.25) is 15.1 Å². The van der Waals surface area contributed by atoms with Gasteiger partial charge in [0.1, 0.15) is 10.7 Å². The lowest BCUT2D eigenvalue weighted by Gasteiger charge is -2.13. The SMILES string of the molecule is COC(=O)C(C)OC(=O)c1cc(-c2nn(C)c(OC(F)F)c2Cl)c(Cl)cc1Cl. The Balaban J connectivity index is 2.47. The van der Waals surface area contributed by atoms with E-state index in [1.54, 1.807) is 0 Å². The summed E-state index contributed by atoms with van der Waals surface area (Å²) in [7, 11) is 2.48. The summed E-state index contributed by atoms with van der Waals surface area (Å²) in [6.07, 6.45) is -1.18. The Morgan fingerprint density at radius 3 is 2.39 bits per heavy atom. The van der Waals surface area contributed by atoms with Crippen molar-refractivity contribution in [3.8, 4) is 17.1 Å². The zero-order valence-electron chi connectivity index (χ0n) is 14.6. The second-order valence-corrected chi connectivity index (χ2v) is 6.54. The molecule has 0 bridgehead atoms. The van der Waals surface area contributed by atoms with Gasteiger partial charge in [-0.05, 0) is 19.1 Å². The van der Waals surface area contributed by atoms with Crippen LogP contribution < -0.4 is 4.74 Å². The van der Waals surface area contributed by atoms with Gasteiger partial charge in [0.2, 0.25) is 5.88 Å². The van der Waals surface area contributed by atoms with Crippen molar-refractivity contribution in [3.63, 3.8) is 0 Å². The summed E-state index contributed by atoms with van der Waals surface area (Å²) in [4.78, 5) is 23.8. The molecule has 0 aliphatic rings. The lowest BCUT2D eigenvalue weighted by molar-refractivity contribution is -0.149. The van der Waals surface area contributed by atoms with Crippen molar-refractivity contribution in [1.29, 1.82) is 0 Å². The highest BCUT2D eigenvalue weighted by Gasteiger charge is 2.26. The number of carbonyl (C=O) groups is 2. The molecule has 1 aromatic carbocycles. The molecule has 0 saturated heterocycles. The molecule has 0 fully saturated rings. The topological polar surface area (TPSA) is 79.7 Å². The molecule has 1 heterocycles. The number of carbonyl (C=O) groups excluding carboxylic acids is 2. The third kappa shape index (κ3) is 4.65. The summed E-state index contributed by atoms with van der Waals surface area (Å²) in [6, 6.07) is 2.45. The van der Waals surface area contributed by atoms with Crippen molar-refractivity contribution < 1.29 is 32.6 Å². The molecule has 0 spiro atoms. The van der Waals surface area contributed by atoms with E-state index in [1.165, 1.54) is 26.1 Å². The molecule has 152 valence electrons. The van der Waals surface area contributed by atoms with Gasteiger partial charge in [-0.1, -0.05) is 34.8 Å². The second kappa shape index (κ2) is 8.93. The average molecular weight is 458 g/mol. The minimum Gasteiger partial charge on any atom is -0.466 e. The minimum atomic E-state index is -3.12. The van der Waals surface area contributed by atoms with Crippen LogP contribution in [0.1, 0.15) is 17.3 Å². The van der Waals surface area contributed by atoms with Crippen molar-refractivity contribution in [2.45, 2.75) is 19.6 Å². The zero-order chi connectivity index (χ0) is 21.2. The van der Waals surface area contributed by atoms with Crippen molar-refractivity contribution in [2.24, 2.45) is 7.05 Å². The Kier molecular flexibility index (Phi) is 7.08. The maximum atomic E-state index is 12.5. The number of aryl methyl sites for hydroxylation is 1. The number of methoxy groups -OCH3 is 1. The molecular weight excluding hydrogens is 445 g/mol. The maximum absolute atomic E-state index is 12.5. The average Bonchev–Trinajstić information content (AvgIpc) is 2.88. The van der Waals surface area contributed by atoms with Crippen LogP contribution in [0.15, 0.2) is 12.1 Å². The number of ether oxygens (including phenoxy) is 3. The smallest absolute Gasteiger partial charge is 0.388 e. The maximum Gasteiger partial charge on any atom is 0.388 e. The third-order valence-electron chi connectivity index (χ3n) is 3.49. The molecule has 0 saturated carbocycles. The number of hydrogen-bond acceptors (Lipinski definition) is 6. The fraction of sp³-hybridized carbons (Fsp3) is 0.312. The molecule has 1 atom stereocenters. The van der Waals surface area contributed by atoms with Crippen LogP contribution in [0.25, 0.3) is 11.3 Å². The summed E-state index contributed by atoms with van der Waals surface area (Å²) in [5.41, 5.74) is -0.0418. The highest BCUT2D eigenvalue weighted by molar-refractivity contribution is 6.39. The highest BCUT2D eigenvalue weighted by Crippen LogP contribution is 2.40. The van der Waals surface area contributed by atoms with Crippen molar-refractivity contribution in [1.82, 2.24) is 9.78 Å². The van der Waals surface area contributed by atoms with Crippen molar-refractivity contribution in [3.05, 3.63) is 32.8 Å². The highest BCUT2D eigenvalue weighted by atomic mass is 35.5. The van der Waals surface area contributed by atoms with Crippen LogP contribution in [0.5, 0.6) is 5.88 Å². The number of esters is 2. The first kappa shape index (κ1) is 22.2. The third-order valence-corrected chi connectivity index (χ3v) is 4.46. The Morgan fingerprint density at radius 1 is 1.18 bits per heavy atom. The van der Waals surface area contributed by atoms with Crippen molar-refractivity contribution >= 4 is 46.7 Å². The number of hydrogen-bond donors (Lipinski definition) is 0. The molecule has 2 rings (SSSR count). The molecule has 1 aromatic heterocycles. The van der Waals surface area contributed by atoms with E-state index < -0.39 is 24.7 Å². The monoisotopic (exact) mass is 456 g/mol. The molecule has 7 nitrogen and oxygen atoms in total. The second-order valence-electron chi connectivity index (χ2n) is 5.35. The van der Waals surface area contributed by atoms with Gasteiger partial charge in [-0.25, -0.2) is 14.3 Å². The fourth-order valence-electron chi connectivity index (χ4n) is 2.19. The van der Waals surface area contributed by atoms with E-state index in [4.69, 9.17) is 39.5 Å². The van der Waals surface area contributed by atoms with Crippen molar-refractivity contribution in [2.75, 3.05) is 7.11 Å². The van der Waals surface area contributed by atoms with Gasteiger partial charge in [-0.3, -0.25) is 0 Å². The normalized spacial score (nSPS) is 12.0. The Hall–Kier alpha value is -2.10. The number of aromatic nitrogens is 2. The van der Waals surface area contributed by atoms with Gasteiger partial charge in [0, 0.05) is 12.6 Å². The van der Waals surface area contributed by atoms with Gasteiger partial charge in [0.15, 0.2) is 6.10 Å². The number of alkyl halides is 2. The fourth-order valence-corrected chi connectivity index (χ4v) is 3.05. The lowest BCUT2D eigenvalue weighted by Crippen LogP contribution is -2.25. The molecule has 2 aromatic rings. The quantitative estimate of drug-likeness (QED) is 0.600. The molecule has 0 aliphatic heterocycles. The number of benzene rings is 1. The number of halogens is 5. The predicted octanol–water partition coefficient (Wildman–Crippen LogP) is 4.37. The minimum absolute atomic E-state index is 0.0171. The Labute approximate surface area is 173 Å². The zero-order valence-corrected chi connectivity index (χ0v) is 16.9. The molecule has 0 amide bonds. The molecule has 12 heteroatoms.